The van der Waals surface area contributed by atoms with Crippen molar-refractivity contribution in [3.63, 3.8) is 0 Å². The van der Waals surface area contributed by atoms with E-state index in [2.05, 4.69) is 12.2 Å². The first-order valence-electron chi connectivity index (χ1n) is 7.98. The van der Waals surface area contributed by atoms with Crippen LogP contribution in [0.1, 0.15) is 56.6 Å². The number of nitrogens with one attached hydrogen (secondary N) is 1. The van der Waals surface area contributed by atoms with E-state index in [1.54, 1.807) is 6.07 Å². The Bertz CT molecular complexity index is 464. The molecule has 1 aromatic carbocycles. The van der Waals surface area contributed by atoms with E-state index in [1.165, 1.54) is 37.0 Å². The molecule has 0 amide bonds. The van der Waals surface area contributed by atoms with Crippen molar-refractivity contribution in [2.75, 3.05) is 7.05 Å². The van der Waals surface area contributed by atoms with Crippen LogP contribution in [0.3, 0.4) is 0 Å². The smallest absolute Gasteiger partial charge is 0.394 e. The lowest BCUT2D eigenvalue weighted by Crippen LogP contribution is -2.05. The Labute approximate surface area is 131 Å². The fourth-order valence-corrected chi connectivity index (χ4v) is 2.46. The molecule has 0 aliphatic carbocycles. The van der Waals surface area contributed by atoms with Crippen LogP contribution in [-0.2, 0) is 12.6 Å². The zero-order valence-corrected chi connectivity index (χ0v) is 13.5. The lowest BCUT2D eigenvalue weighted by Gasteiger charge is -2.10. The van der Waals surface area contributed by atoms with Crippen LogP contribution < -0.4 is 5.32 Å². The first-order chi connectivity index (χ1) is 10.5. The molecule has 1 aromatic rings. The summed E-state index contributed by atoms with van der Waals surface area (Å²) in [5.41, 5.74) is 1.45. The molecule has 0 unspecified atom stereocenters. The van der Waals surface area contributed by atoms with E-state index in [0.29, 0.717) is 6.42 Å². The number of alkyl halides is 3. The quantitative estimate of drug-likeness (QED) is 0.576. The maximum absolute atomic E-state index is 12.7. The monoisotopic (exact) mass is 313 g/mol. The van der Waals surface area contributed by atoms with Gasteiger partial charge >= 0.3 is 6.18 Å². The zero-order valence-electron chi connectivity index (χ0n) is 13.5. The van der Waals surface area contributed by atoms with E-state index < -0.39 is 11.7 Å². The third kappa shape index (κ3) is 7.01. The highest BCUT2D eigenvalue weighted by Crippen LogP contribution is 2.30. The molecule has 1 nitrogen and oxygen atoms in total. The predicted molar refractivity (Wildman–Crippen MR) is 85.7 cm³/mol. The Kier molecular flexibility index (Phi) is 8.07. The van der Waals surface area contributed by atoms with Gasteiger partial charge in [-0.2, -0.15) is 13.2 Å². The van der Waals surface area contributed by atoms with Gasteiger partial charge in [0.2, 0.25) is 0 Å². The van der Waals surface area contributed by atoms with Crippen molar-refractivity contribution >= 4 is 0 Å². The summed E-state index contributed by atoms with van der Waals surface area (Å²) in [6, 6.07) is 5.64. The summed E-state index contributed by atoms with van der Waals surface area (Å²) in [7, 11) is 1.86. The molecule has 0 spiro atoms. The van der Waals surface area contributed by atoms with E-state index in [-0.39, 0.29) is 0 Å². The zero-order chi connectivity index (χ0) is 16.4. The summed E-state index contributed by atoms with van der Waals surface area (Å²) in [6.07, 6.45) is 4.97. The number of hydrogen-bond acceptors (Lipinski definition) is 1. The fraction of sp³-hybridized carbons (Fsp3) is 0.556. The maximum Gasteiger partial charge on any atom is 0.416 e. The summed E-state index contributed by atoms with van der Waals surface area (Å²) in [5, 5.41) is 3.04. The summed E-state index contributed by atoms with van der Waals surface area (Å²) >= 11 is 0. The summed E-state index contributed by atoms with van der Waals surface area (Å²) in [5.74, 6) is 0. The Morgan fingerprint density at radius 3 is 2.55 bits per heavy atom. The number of halogens is 3. The Hall–Kier alpha value is -1.45. The van der Waals surface area contributed by atoms with E-state index in [0.717, 1.165) is 30.9 Å². The van der Waals surface area contributed by atoms with Gasteiger partial charge in [0, 0.05) is 7.05 Å². The molecule has 0 bridgehead atoms. The van der Waals surface area contributed by atoms with Crippen molar-refractivity contribution in [2.24, 2.45) is 0 Å². The van der Waals surface area contributed by atoms with Crippen LogP contribution in [0.15, 0.2) is 36.0 Å². The molecular weight excluding hydrogens is 287 g/mol. The Morgan fingerprint density at radius 1 is 1.14 bits per heavy atom. The average Bonchev–Trinajstić information content (AvgIpc) is 2.48. The molecule has 1 rings (SSSR count). The van der Waals surface area contributed by atoms with Crippen LogP contribution in [0, 0.1) is 0 Å². The van der Waals surface area contributed by atoms with Crippen LogP contribution in [-0.4, -0.2) is 7.05 Å². The molecule has 0 atom stereocenters. The fourth-order valence-electron chi connectivity index (χ4n) is 2.46. The van der Waals surface area contributed by atoms with Crippen molar-refractivity contribution in [3.8, 4) is 0 Å². The number of hydrogen-bond donors (Lipinski definition) is 1. The number of benzene rings is 1. The topological polar surface area (TPSA) is 12.0 Å². The minimum absolute atomic E-state index is 0.563. The van der Waals surface area contributed by atoms with E-state index in [4.69, 9.17) is 0 Å². The summed E-state index contributed by atoms with van der Waals surface area (Å²) in [4.78, 5) is 0. The van der Waals surface area contributed by atoms with Gasteiger partial charge in [-0.3, -0.25) is 0 Å². The minimum atomic E-state index is -4.26. The predicted octanol–water partition coefficient (Wildman–Crippen LogP) is 5.71. The Morgan fingerprint density at radius 2 is 1.91 bits per heavy atom. The highest BCUT2D eigenvalue weighted by Gasteiger charge is 2.30. The van der Waals surface area contributed by atoms with Crippen LogP contribution in [0.4, 0.5) is 13.2 Å². The molecule has 0 aliphatic heterocycles. The van der Waals surface area contributed by atoms with Crippen LogP contribution in [0.5, 0.6) is 0 Å². The van der Waals surface area contributed by atoms with Gasteiger partial charge in [-0.15, -0.1) is 0 Å². The van der Waals surface area contributed by atoms with Crippen molar-refractivity contribution < 1.29 is 13.2 Å². The van der Waals surface area contributed by atoms with Crippen LogP contribution in [0.25, 0.3) is 0 Å². The molecular formula is C18H26F3N. The van der Waals surface area contributed by atoms with Crippen LogP contribution in [0.2, 0.25) is 0 Å². The molecule has 0 fully saturated rings. The number of aryl methyl sites for hydroxylation is 1. The largest absolute Gasteiger partial charge is 0.416 e. The van der Waals surface area contributed by atoms with Gasteiger partial charge in [0.1, 0.15) is 0 Å². The maximum atomic E-state index is 12.7. The lowest BCUT2D eigenvalue weighted by molar-refractivity contribution is -0.137. The number of rotatable bonds is 9. The minimum Gasteiger partial charge on any atom is -0.394 e. The lowest BCUT2D eigenvalue weighted by atomic mass is 9.99. The van der Waals surface area contributed by atoms with E-state index in [9.17, 15) is 13.2 Å². The molecule has 124 valence electrons. The third-order valence-electron chi connectivity index (χ3n) is 3.69. The second-order valence-corrected chi connectivity index (χ2v) is 5.60. The van der Waals surface area contributed by atoms with Gasteiger partial charge in [0.05, 0.1) is 5.56 Å². The second-order valence-electron chi connectivity index (χ2n) is 5.60. The molecule has 1 N–H and O–H groups in total. The van der Waals surface area contributed by atoms with Gasteiger partial charge in [0.25, 0.3) is 0 Å². The molecule has 0 aliphatic rings. The second kappa shape index (κ2) is 9.54. The van der Waals surface area contributed by atoms with Gasteiger partial charge in [-0.05, 0) is 43.5 Å². The van der Waals surface area contributed by atoms with Crippen molar-refractivity contribution in [2.45, 2.75) is 58.0 Å². The van der Waals surface area contributed by atoms with E-state index in [1.807, 2.05) is 13.2 Å². The highest BCUT2D eigenvalue weighted by atomic mass is 19.4. The van der Waals surface area contributed by atoms with Crippen molar-refractivity contribution in [1.82, 2.24) is 5.32 Å². The normalized spacial score (nSPS) is 12.5. The molecule has 4 heteroatoms. The first kappa shape index (κ1) is 18.6. The van der Waals surface area contributed by atoms with Gasteiger partial charge < -0.3 is 5.32 Å². The first-order valence-corrected chi connectivity index (χ1v) is 7.98. The molecule has 22 heavy (non-hydrogen) atoms. The SMILES string of the molecule is CCCCCCC(=CNC)CCc1cccc(C(F)(F)F)c1. The molecule has 0 saturated carbocycles. The summed E-state index contributed by atoms with van der Waals surface area (Å²) < 4.78 is 38.1. The molecule has 0 aromatic heterocycles. The third-order valence-corrected chi connectivity index (χ3v) is 3.69. The number of unbranched alkanes of at least 4 members (excludes halogenated alkanes) is 3. The Balaban J connectivity index is 2.56. The molecule has 0 heterocycles. The van der Waals surface area contributed by atoms with Crippen LogP contribution >= 0.6 is 0 Å². The summed E-state index contributed by atoms with van der Waals surface area (Å²) in [6.45, 7) is 2.18. The van der Waals surface area contributed by atoms with Crippen molar-refractivity contribution in [3.05, 3.63) is 47.2 Å². The highest BCUT2D eigenvalue weighted by molar-refractivity contribution is 5.26. The van der Waals surface area contributed by atoms with Gasteiger partial charge in [-0.1, -0.05) is 50.0 Å². The van der Waals surface area contributed by atoms with E-state index >= 15 is 0 Å². The van der Waals surface area contributed by atoms with Gasteiger partial charge in [-0.25, -0.2) is 0 Å². The molecule has 0 radical (unpaired) electrons. The van der Waals surface area contributed by atoms with Gasteiger partial charge in [0.15, 0.2) is 0 Å². The average molecular weight is 313 g/mol. The molecule has 0 saturated heterocycles. The standard InChI is InChI=1S/C18H26F3N/c1-3-4-5-6-8-16(14-22-2)12-11-15-9-7-10-17(13-15)18(19,20)21/h7,9-10,13-14,22H,3-6,8,11-12H2,1-2H3. The van der Waals surface area contributed by atoms with Crippen molar-refractivity contribution in [1.29, 1.82) is 0 Å². The number of allylic oxidation sites excluding steroid dienone is 1.